The molecule has 0 bridgehead atoms. The molecule has 1 saturated heterocycles. The van der Waals surface area contributed by atoms with Crippen molar-refractivity contribution in [2.24, 2.45) is 5.73 Å². The van der Waals surface area contributed by atoms with Crippen molar-refractivity contribution in [2.75, 3.05) is 19.7 Å². The van der Waals surface area contributed by atoms with Gasteiger partial charge in [0.05, 0.1) is 6.61 Å². The zero-order valence-electron chi connectivity index (χ0n) is 10.4. The van der Waals surface area contributed by atoms with E-state index in [1.807, 2.05) is 19.2 Å². The third-order valence-corrected chi connectivity index (χ3v) is 3.04. The molecular weight excluding hydrogens is 214 g/mol. The molecule has 0 radical (unpaired) electrons. The Bertz CT molecular complexity index is 339. The molecule has 0 spiro atoms. The zero-order valence-corrected chi connectivity index (χ0v) is 10.4. The van der Waals surface area contributed by atoms with Gasteiger partial charge >= 0.3 is 0 Å². The Morgan fingerprint density at radius 2 is 2.41 bits per heavy atom. The zero-order chi connectivity index (χ0) is 12.1. The molecule has 17 heavy (non-hydrogen) atoms. The summed E-state index contributed by atoms with van der Waals surface area (Å²) in [5.74, 6) is 0.701. The van der Waals surface area contributed by atoms with Crippen molar-refractivity contribution in [3.8, 4) is 5.88 Å². The molecule has 2 rings (SSSR count). The SMILES string of the molecule is CCOc1ccc(CN2CCCC(N)C2)cn1. The van der Waals surface area contributed by atoms with Crippen molar-refractivity contribution < 1.29 is 4.74 Å². The summed E-state index contributed by atoms with van der Waals surface area (Å²) in [5.41, 5.74) is 7.19. The first-order valence-electron chi connectivity index (χ1n) is 6.33. The highest BCUT2D eigenvalue weighted by Gasteiger charge is 2.16. The average molecular weight is 235 g/mol. The minimum absolute atomic E-state index is 0.333. The molecule has 2 heterocycles. The third kappa shape index (κ3) is 3.68. The van der Waals surface area contributed by atoms with E-state index in [4.69, 9.17) is 10.5 Å². The molecule has 2 N–H and O–H groups in total. The quantitative estimate of drug-likeness (QED) is 0.857. The Morgan fingerprint density at radius 1 is 1.53 bits per heavy atom. The summed E-state index contributed by atoms with van der Waals surface area (Å²) in [7, 11) is 0. The maximum atomic E-state index is 5.97. The monoisotopic (exact) mass is 235 g/mol. The van der Waals surface area contributed by atoms with Crippen LogP contribution in [0.1, 0.15) is 25.3 Å². The van der Waals surface area contributed by atoms with Crippen LogP contribution in [0.4, 0.5) is 0 Å². The van der Waals surface area contributed by atoms with Crippen LogP contribution in [0.5, 0.6) is 5.88 Å². The molecule has 1 fully saturated rings. The van der Waals surface area contributed by atoms with Crippen LogP contribution in [0.25, 0.3) is 0 Å². The standard InChI is InChI=1S/C13H21N3O/c1-2-17-13-6-5-11(8-15-13)9-16-7-3-4-12(14)10-16/h5-6,8,12H,2-4,7,9-10,14H2,1H3. The number of rotatable bonds is 4. The van der Waals surface area contributed by atoms with E-state index in [1.54, 1.807) is 0 Å². The van der Waals surface area contributed by atoms with Gasteiger partial charge in [0.15, 0.2) is 0 Å². The Labute approximate surface area is 103 Å². The van der Waals surface area contributed by atoms with E-state index in [2.05, 4.69) is 16.0 Å². The van der Waals surface area contributed by atoms with Crippen LogP contribution in [0.2, 0.25) is 0 Å². The molecular formula is C13H21N3O. The summed E-state index contributed by atoms with van der Waals surface area (Å²) in [6.45, 7) is 5.69. The molecule has 0 aliphatic carbocycles. The second-order valence-corrected chi connectivity index (χ2v) is 4.58. The highest BCUT2D eigenvalue weighted by molar-refractivity contribution is 5.17. The van der Waals surface area contributed by atoms with Crippen LogP contribution in [-0.4, -0.2) is 35.6 Å². The van der Waals surface area contributed by atoms with Crippen molar-refractivity contribution in [3.63, 3.8) is 0 Å². The van der Waals surface area contributed by atoms with Crippen LogP contribution >= 0.6 is 0 Å². The summed E-state index contributed by atoms with van der Waals surface area (Å²) in [6, 6.07) is 4.35. The summed E-state index contributed by atoms with van der Waals surface area (Å²) in [4.78, 5) is 6.67. The van der Waals surface area contributed by atoms with Crippen molar-refractivity contribution in [2.45, 2.75) is 32.4 Å². The minimum Gasteiger partial charge on any atom is -0.478 e. The highest BCUT2D eigenvalue weighted by atomic mass is 16.5. The maximum Gasteiger partial charge on any atom is 0.213 e. The van der Waals surface area contributed by atoms with Crippen LogP contribution in [0, 0.1) is 0 Å². The van der Waals surface area contributed by atoms with Gasteiger partial charge in [0.25, 0.3) is 0 Å². The molecule has 94 valence electrons. The number of hydrogen-bond donors (Lipinski definition) is 1. The van der Waals surface area contributed by atoms with E-state index in [1.165, 1.54) is 12.0 Å². The van der Waals surface area contributed by atoms with E-state index < -0.39 is 0 Å². The summed E-state index contributed by atoms with van der Waals surface area (Å²) in [5, 5.41) is 0. The van der Waals surface area contributed by atoms with Gasteiger partial charge in [-0.2, -0.15) is 0 Å². The lowest BCUT2D eigenvalue weighted by Crippen LogP contribution is -2.42. The number of hydrogen-bond acceptors (Lipinski definition) is 4. The summed E-state index contributed by atoms with van der Waals surface area (Å²) < 4.78 is 5.32. The molecule has 0 amide bonds. The molecule has 1 aromatic heterocycles. The fourth-order valence-corrected chi connectivity index (χ4v) is 2.23. The fourth-order valence-electron chi connectivity index (χ4n) is 2.23. The summed E-state index contributed by atoms with van der Waals surface area (Å²) >= 11 is 0. The highest BCUT2D eigenvalue weighted by Crippen LogP contribution is 2.13. The first-order valence-corrected chi connectivity index (χ1v) is 6.33. The molecule has 1 aliphatic rings. The molecule has 1 unspecified atom stereocenters. The lowest BCUT2D eigenvalue weighted by Gasteiger charge is -2.30. The smallest absolute Gasteiger partial charge is 0.213 e. The molecule has 0 aromatic carbocycles. The molecule has 4 heteroatoms. The molecule has 4 nitrogen and oxygen atoms in total. The molecule has 1 aliphatic heterocycles. The van der Waals surface area contributed by atoms with E-state index in [-0.39, 0.29) is 0 Å². The van der Waals surface area contributed by atoms with Gasteiger partial charge in [-0.15, -0.1) is 0 Å². The predicted molar refractivity (Wildman–Crippen MR) is 67.9 cm³/mol. The number of nitrogens with two attached hydrogens (primary N) is 1. The predicted octanol–water partition coefficient (Wildman–Crippen LogP) is 1.40. The molecule has 0 saturated carbocycles. The van der Waals surface area contributed by atoms with Gasteiger partial charge in [-0.25, -0.2) is 4.98 Å². The Kier molecular flexibility index (Phi) is 4.34. The molecule has 1 aromatic rings. The molecule has 1 atom stereocenters. The van der Waals surface area contributed by atoms with Crippen LogP contribution in [0.15, 0.2) is 18.3 Å². The van der Waals surface area contributed by atoms with Gasteiger partial charge in [-0.1, -0.05) is 6.07 Å². The largest absolute Gasteiger partial charge is 0.478 e. The number of ether oxygens (including phenoxy) is 1. The van der Waals surface area contributed by atoms with Gasteiger partial charge in [-0.05, 0) is 31.9 Å². The number of likely N-dealkylation sites (tertiary alicyclic amines) is 1. The normalized spacial score (nSPS) is 21.4. The Morgan fingerprint density at radius 3 is 3.06 bits per heavy atom. The van der Waals surface area contributed by atoms with Crippen LogP contribution < -0.4 is 10.5 Å². The minimum atomic E-state index is 0.333. The fraction of sp³-hybridized carbons (Fsp3) is 0.615. The lowest BCUT2D eigenvalue weighted by molar-refractivity contribution is 0.201. The van der Waals surface area contributed by atoms with E-state index in [0.717, 1.165) is 26.1 Å². The first-order chi connectivity index (χ1) is 8.28. The number of piperidine rings is 1. The van der Waals surface area contributed by atoms with E-state index in [9.17, 15) is 0 Å². The van der Waals surface area contributed by atoms with Gasteiger partial charge in [0.1, 0.15) is 0 Å². The van der Waals surface area contributed by atoms with Gasteiger partial charge in [0, 0.05) is 31.4 Å². The van der Waals surface area contributed by atoms with Crippen LogP contribution in [0.3, 0.4) is 0 Å². The van der Waals surface area contributed by atoms with Gasteiger partial charge in [-0.3, -0.25) is 4.90 Å². The van der Waals surface area contributed by atoms with Crippen molar-refractivity contribution in [1.82, 2.24) is 9.88 Å². The van der Waals surface area contributed by atoms with Crippen molar-refractivity contribution >= 4 is 0 Å². The second kappa shape index (κ2) is 5.98. The first kappa shape index (κ1) is 12.3. The lowest BCUT2D eigenvalue weighted by atomic mass is 10.1. The average Bonchev–Trinajstić information content (AvgIpc) is 2.32. The number of nitrogens with zero attached hydrogens (tertiary/aromatic N) is 2. The van der Waals surface area contributed by atoms with E-state index in [0.29, 0.717) is 18.5 Å². The Balaban J connectivity index is 1.89. The van der Waals surface area contributed by atoms with Crippen molar-refractivity contribution in [1.29, 1.82) is 0 Å². The number of aromatic nitrogens is 1. The third-order valence-electron chi connectivity index (χ3n) is 3.04. The Hall–Kier alpha value is -1.13. The van der Waals surface area contributed by atoms with Gasteiger partial charge in [0.2, 0.25) is 5.88 Å². The second-order valence-electron chi connectivity index (χ2n) is 4.58. The number of pyridine rings is 1. The van der Waals surface area contributed by atoms with Gasteiger partial charge < -0.3 is 10.5 Å². The maximum absolute atomic E-state index is 5.97. The van der Waals surface area contributed by atoms with E-state index >= 15 is 0 Å². The van der Waals surface area contributed by atoms with Crippen LogP contribution in [-0.2, 0) is 6.54 Å². The topological polar surface area (TPSA) is 51.4 Å². The summed E-state index contributed by atoms with van der Waals surface area (Å²) in [6.07, 6.45) is 4.24. The van der Waals surface area contributed by atoms with Crippen molar-refractivity contribution in [3.05, 3.63) is 23.9 Å².